The summed E-state index contributed by atoms with van der Waals surface area (Å²) in [5.41, 5.74) is 1.11. The first-order chi connectivity index (χ1) is 10.1. The summed E-state index contributed by atoms with van der Waals surface area (Å²) in [6, 6.07) is 6.44. The number of hydrogen-bond donors (Lipinski definition) is 0. The van der Waals surface area contributed by atoms with Crippen LogP contribution in [0.25, 0.3) is 0 Å². The molecule has 0 aromatic carbocycles. The molecule has 0 radical (unpaired) electrons. The fourth-order valence-electron chi connectivity index (χ4n) is 3.10. The molecular formula is C18H31NOSn. The molecule has 0 spiro atoms. The second-order valence-corrected chi connectivity index (χ2v) is 21.8. The Hall–Kier alpha value is -0.0913. The maximum atomic E-state index is 5.84. The summed E-state index contributed by atoms with van der Waals surface area (Å²) >= 11 is -2.03. The van der Waals surface area contributed by atoms with Crippen LogP contribution in [0.5, 0.6) is 0 Å². The van der Waals surface area contributed by atoms with Crippen LogP contribution in [0, 0.1) is 5.92 Å². The first kappa shape index (κ1) is 17.3. The van der Waals surface area contributed by atoms with E-state index in [1.165, 1.54) is 48.7 Å². The second-order valence-electron chi connectivity index (χ2n) is 7.46. The fourth-order valence-corrected chi connectivity index (χ4v) is 6.17. The van der Waals surface area contributed by atoms with Crippen molar-refractivity contribution in [1.29, 1.82) is 0 Å². The molecule has 21 heavy (non-hydrogen) atoms. The SMILES string of the molecule is [CH3][Sn]([CH3])([CH3])[c]1cccc(COCCCC2CCCCC2)n1. The standard InChI is InChI=1S/C15H22NO.3CH3.Sn/c1-2-7-14(8-3-1)9-6-12-17-13-15-10-4-5-11-16-15;;;;/h4-5,10,14H,1-3,6-9,12-13H2;3*1H3;. The van der Waals surface area contributed by atoms with Gasteiger partial charge in [0.05, 0.1) is 0 Å². The molecule has 1 fully saturated rings. The predicted molar refractivity (Wildman–Crippen MR) is 92.7 cm³/mol. The summed E-state index contributed by atoms with van der Waals surface area (Å²) in [4.78, 5) is 12.0. The van der Waals surface area contributed by atoms with Crippen LogP contribution in [0.4, 0.5) is 0 Å². The van der Waals surface area contributed by atoms with E-state index in [-0.39, 0.29) is 0 Å². The molecule has 118 valence electrons. The number of pyridine rings is 1. The predicted octanol–water partition coefficient (Wildman–Crippen LogP) is 4.50. The van der Waals surface area contributed by atoms with E-state index in [9.17, 15) is 0 Å². The first-order valence-corrected chi connectivity index (χ1v) is 18.6. The third kappa shape index (κ3) is 6.27. The van der Waals surface area contributed by atoms with Crippen LogP contribution in [0.3, 0.4) is 0 Å². The van der Waals surface area contributed by atoms with Crippen molar-refractivity contribution in [3.63, 3.8) is 0 Å². The Morgan fingerprint density at radius 1 is 1.14 bits per heavy atom. The number of hydrogen-bond acceptors (Lipinski definition) is 2. The molecule has 1 aromatic heterocycles. The van der Waals surface area contributed by atoms with E-state index in [0.29, 0.717) is 6.61 Å². The molecule has 2 nitrogen and oxygen atoms in total. The van der Waals surface area contributed by atoms with Gasteiger partial charge in [-0.25, -0.2) is 0 Å². The number of rotatable bonds is 7. The molecule has 1 aliphatic carbocycles. The van der Waals surface area contributed by atoms with Gasteiger partial charge in [-0.3, -0.25) is 0 Å². The maximum absolute atomic E-state index is 5.84. The summed E-state index contributed by atoms with van der Waals surface area (Å²) in [7, 11) is 0. The average Bonchev–Trinajstić information content (AvgIpc) is 2.47. The van der Waals surface area contributed by atoms with Crippen LogP contribution >= 0.6 is 0 Å². The van der Waals surface area contributed by atoms with Crippen LogP contribution in [0.15, 0.2) is 18.2 Å². The van der Waals surface area contributed by atoms with E-state index in [1.54, 1.807) is 0 Å². The summed E-state index contributed by atoms with van der Waals surface area (Å²) in [6.07, 6.45) is 9.80. The Labute approximate surface area is 134 Å². The van der Waals surface area contributed by atoms with Crippen LogP contribution in [-0.2, 0) is 11.3 Å². The molecule has 0 saturated heterocycles. The van der Waals surface area contributed by atoms with Gasteiger partial charge in [-0.2, -0.15) is 0 Å². The van der Waals surface area contributed by atoms with Crippen LogP contribution in [0.1, 0.15) is 50.6 Å². The molecule has 1 aromatic rings. The average molecular weight is 396 g/mol. The Kier molecular flexibility index (Phi) is 7.00. The quantitative estimate of drug-likeness (QED) is 0.500. The van der Waals surface area contributed by atoms with Crippen molar-refractivity contribution in [2.24, 2.45) is 5.92 Å². The van der Waals surface area contributed by atoms with E-state index >= 15 is 0 Å². The van der Waals surface area contributed by atoms with Crippen molar-refractivity contribution in [3.8, 4) is 0 Å². The van der Waals surface area contributed by atoms with Gasteiger partial charge in [0, 0.05) is 0 Å². The van der Waals surface area contributed by atoms with Crippen molar-refractivity contribution in [2.45, 2.75) is 66.4 Å². The van der Waals surface area contributed by atoms with Crippen molar-refractivity contribution in [3.05, 3.63) is 23.9 Å². The molecule has 0 unspecified atom stereocenters. The van der Waals surface area contributed by atoms with E-state index in [4.69, 9.17) is 9.72 Å². The van der Waals surface area contributed by atoms with E-state index in [0.717, 1.165) is 18.2 Å². The molecule has 1 aliphatic rings. The molecule has 1 saturated carbocycles. The van der Waals surface area contributed by atoms with Gasteiger partial charge < -0.3 is 0 Å². The Bertz CT molecular complexity index is 421. The van der Waals surface area contributed by atoms with Crippen molar-refractivity contribution in [1.82, 2.24) is 4.98 Å². The molecule has 0 amide bonds. The zero-order valence-electron chi connectivity index (χ0n) is 14.0. The number of ether oxygens (including phenoxy) is 1. The van der Waals surface area contributed by atoms with Crippen molar-refractivity contribution >= 4 is 22.1 Å². The van der Waals surface area contributed by atoms with Gasteiger partial charge in [-0.05, 0) is 0 Å². The minimum atomic E-state index is -2.03. The Morgan fingerprint density at radius 3 is 2.62 bits per heavy atom. The summed E-state index contributed by atoms with van der Waals surface area (Å²) < 4.78 is 7.19. The Morgan fingerprint density at radius 2 is 1.90 bits per heavy atom. The van der Waals surface area contributed by atoms with Gasteiger partial charge in [0.1, 0.15) is 0 Å². The topological polar surface area (TPSA) is 22.1 Å². The fraction of sp³-hybridized carbons (Fsp3) is 0.722. The molecule has 1 heterocycles. The van der Waals surface area contributed by atoms with Crippen molar-refractivity contribution < 1.29 is 4.74 Å². The van der Waals surface area contributed by atoms with Crippen LogP contribution in [0.2, 0.25) is 14.8 Å². The van der Waals surface area contributed by atoms with Crippen molar-refractivity contribution in [2.75, 3.05) is 6.61 Å². The van der Waals surface area contributed by atoms with Gasteiger partial charge in [0.25, 0.3) is 0 Å². The molecule has 2 rings (SSSR count). The summed E-state index contributed by atoms with van der Waals surface area (Å²) in [5, 5.41) is 0. The van der Waals surface area contributed by atoms with Gasteiger partial charge >= 0.3 is 135 Å². The van der Waals surface area contributed by atoms with Gasteiger partial charge in [0.2, 0.25) is 0 Å². The summed E-state index contributed by atoms with van der Waals surface area (Å²) in [6.45, 7) is 1.57. The molecular weight excluding hydrogens is 365 g/mol. The Balaban J connectivity index is 1.66. The molecule has 0 N–H and O–H groups in total. The van der Waals surface area contributed by atoms with E-state index < -0.39 is 18.4 Å². The number of nitrogens with zero attached hydrogens (tertiary/aromatic N) is 1. The molecule has 3 heteroatoms. The zero-order valence-corrected chi connectivity index (χ0v) is 16.9. The minimum absolute atomic E-state index is 0.681. The molecule has 0 aliphatic heterocycles. The molecule has 0 atom stereocenters. The third-order valence-electron chi connectivity index (χ3n) is 4.45. The normalized spacial score (nSPS) is 17.1. The van der Waals surface area contributed by atoms with Crippen LogP contribution < -0.4 is 3.71 Å². The second kappa shape index (κ2) is 8.52. The first-order valence-electron chi connectivity index (χ1n) is 8.60. The van der Waals surface area contributed by atoms with Gasteiger partial charge in [0.15, 0.2) is 0 Å². The van der Waals surface area contributed by atoms with E-state index in [1.807, 2.05) is 0 Å². The number of aromatic nitrogens is 1. The van der Waals surface area contributed by atoms with Gasteiger partial charge in [-0.15, -0.1) is 0 Å². The van der Waals surface area contributed by atoms with Crippen LogP contribution in [-0.4, -0.2) is 30.0 Å². The summed E-state index contributed by atoms with van der Waals surface area (Å²) in [5.74, 6) is 0.971. The monoisotopic (exact) mass is 397 g/mol. The zero-order chi connectivity index (χ0) is 15.1. The molecule has 0 bridgehead atoms. The van der Waals surface area contributed by atoms with E-state index in [2.05, 4.69) is 33.0 Å². The van der Waals surface area contributed by atoms with Gasteiger partial charge in [-0.1, -0.05) is 0 Å². The third-order valence-corrected chi connectivity index (χ3v) is 9.63.